The summed E-state index contributed by atoms with van der Waals surface area (Å²) in [7, 11) is 0. The average molecular weight is 392 g/mol. The van der Waals surface area contributed by atoms with Crippen LogP contribution in [0.5, 0.6) is 0 Å². The average Bonchev–Trinajstić information content (AvgIpc) is 3.36. The van der Waals surface area contributed by atoms with Gasteiger partial charge in [-0.25, -0.2) is 0 Å². The lowest BCUT2D eigenvalue weighted by atomic mass is 9.81. The Hall–Kier alpha value is -3.15. The van der Waals surface area contributed by atoms with Gasteiger partial charge < -0.3 is 15.3 Å². The van der Waals surface area contributed by atoms with Crippen molar-refractivity contribution in [1.29, 1.82) is 0 Å². The third-order valence-corrected chi connectivity index (χ3v) is 5.94. The van der Waals surface area contributed by atoms with E-state index in [4.69, 9.17) is 0 Å². The van der Waals surface area contributed by atoms with Crippen molar-refractivity contribution in [2.45, 2.75) is 32.1 Å². The fourth-order valence-corrected chi connectivity index (χ4v) is 4.36. The van der Waals surface area contributed by atoms with Gasteiger partial charge in [0.05, 0.1) is 5.41 Å². The summed E-state index contributed by atoms with van der Waals surface area (Å²) in [6, 6.07) is 14.4. The maximum absolute atomic E-state index is 12.6. The molecule has 2 aromatic rings. The number of carbonyl (C=O) groups is 3. The molecule has 0 saturated carbocycles. The first-order valence-electron chi connectivity index (χ1n) is 9.96. The van der Waals surface area contributed by atoms with Crippen LogP contribution in [0.2, 0.25) is 0 Å². The van der Waals surface area contributed by atoms with Gasteiger partial charge in [-0.1, -0.05) is 24.3 Å². The van der Waals surface area contributed by atoms with Gasteiger partial charge in [-0.2, -0.15) is 0 Å². The van der Waals surface area contributed by atoms with Gasteiger partial charge >= 0.3 is 5.97 Å². The lowest BCUT2D eigenvalue weighted by Gasteiger charge is -2.23. The summed E-state index contributed by atoms with van der Waals surface area (Å²) in [5.41, 5.74) is 2.03. The van der Waals surface area contributed by atoms with Crippen LogP contribution in [0.4, 0.5) is 5.69 Å². The molecule has 0 bridgehead atoms. The number of carboxylic acid groups (broad SMARTS) is 1. The molecule has 1 heterocycles. The molecule has 29 heavy (non-hydrogen) atoms. The normalized spacial score (nSPS) is 17.0. The van der Waals surface area contributed by atoms with Crippen molar-refractivity contribution in [3.05, 3.63) is 65.2 Å². The Morgan fingerprint density at radius 2 is 1.52 bits per heavy atom. The summed E-state index contributed by atoms with van der Waals surface area (Å²) in [4.78, 5) is 38.9. The van der Waals surface area contributed by atoms with Gasteiger partial charge in [0, 0.05) is 30.8 Å². The van der Waals surface area contributed by atoms with E-state index in [1.54, 1.807) is 24.3 Å². The van der Waals surface area contributed by atoms with Gasteiger partial charge in [-0.05, 0) is 61.1 Å². The van der Waals surface area contributed by atoms with E-state index in [1.165, 1.54) is 0 Å². The Balaban J connectivity index is 1.41. The Labute approximate surface area is 169 Å². The van der Waals surface area contributed by atoms with Crippen molar-refractivity contribution in [3.63, 3.8) is 0 Å². The Bertz CT molecular complexity index is 921. The quantitative estimate of drug-likeness (QED) is 0.819. The monoisotopic (exact) mass is 392 g/mol. The molecule has 6 nitrogen and oxygen atoms in total. The number of likely N-dealkylation sites (tertiary alicyclic amines) is 1. The van der Waals surface area contributed by atoms with Gasteiger partial charge in [-0.3, -0.25) is 14.4 Å². The van der Waals surface area contributed by atoms with Crippen LogP contribution in [0.15, 0.2) is 48.5 Å². The number of amides is 2. The van der Waals surface area contributed by atoms with Crippen LogP contribution < -0.4 is 5.32 Å². The highest BCUT2D eigenvalue weighted by Crippen LogP contribution is 2.40. The van der Waals surface area contributed by atoms with Crippen molar-refractivity contribution in [2.75, 3.05) is 18.4 Å². The minimum Gasteiger partial charge on any atom is -0.481 e. The number of hydrogen-bond acceptors (Lipinski definition) is 3. The lowest BCUT2D eigenvalue weighted by molar-refractivity contribution is -0.150. The molecule has 2 aliphatic rings. The van der Waals surface area contributed by atoms with Gasteiger partial charge in [0.25, 0.3) is 5.91 Å². The van der Waals surface area contributed by atoms with E-state index >= 15 is 0 Å². The first kappa shape index (κ1) is 19.2. The number of hydrogen-bond donors (Lipinski definition) is 2. The third kappa shape index (κ3) is 3.88. The van der Waals surface area contributed by atoms with Gasteiger partial charge in [0.1, 0.15) is 0 Å². The molecule has 0 spiro atoms. The Morgan fingerprint density at radius 3 is 2.07 bits per heavy atom. The molecule has 2 N–H and O–H groups in total. The molecule has 0 radical (unpaired) electrons. The van der Waals surface area contributed by atoms with E-state index < -0.39 is 11.4 Å². The lowest BCUT2D eigenvalue weighted by Crippen LogP contribution is -2.36. The molecule has 6 heteroatoms. The van der Waals surface area contributed by atoms with Crippen molar-refractivity contribution in [2.24, 2.45) is 5.41 Å². The summed E-state index contributed by atoms with van der Waals surface area (Å²) in [5.74, 6) is -1.27. The standard InChI is InChI=1S/C23H24N2O4/c26-20(15-23(22(28)29)13-17-5-1-2-6-18(17)14-23)24-19-9-7-16(8-10-19)21(27)25-11-3-4-12-25/h1-2,5-10H,3-4,11-15H2,(H,24,26)(H,28,29). The molecule has 1 fully saturated rings. The zero-order valence-electron chi connectivity index (χ0n) is 16.2. The van der Waals surface area contributed by atoms with Gasteiger partial charge in [0.15, 0.2) is 0 Å². The predicted molar refractivity (Wildman–Crippen MR) is 109 cm³/mol. The molecule has 1 aliphatic carbocycles. The largest absolute Gasteiger partial charge is 0.481 e. The van der Waals surface area contributed by atoms with E-state index in [0.29, 0.717) is 24.1 Å². The van der Waals surface area contributed by atoms with Crippen LogP contribution in [0.25, 0.3) is 0 Å². The van der Waals surface area contributed by atoms with Gasteiger partial charge in [0.2, 0.25) is 5.91 Å². The first-order valence-corrected chi connectivity index (χ1v) is 9.96. The fraction of sp³-hybridized carbons (Fsp3) is 0.348. The molecule has 2 aromatic carbocycles. The maximum Gasteiger partial charge on any atom is 0.310 e. The topological polar surface area (TPSA) is 86.7 Å². The number of benzene rings is 2. The molecule has 150 valence electrons. The smallest absolute Gasteiger partial charge is 0.310 e. The van der Waals surface area contributed by atoms with Crippen LogP contribution in [-0.4, -0.2) is 40.9 Å². The van der Waals surface area contributed by atoms with Crippen LogP contribution in [0, 0.1) is 5.41 Å². The summed E-state index contributed by atoms with van der Waals surface area (Å²) < 4.78 is 0. The number of carbonyl (C=O) groups excluding carboxylic acids is 2. The molecule has 0 aromatic heterocycles. The van der Waals surface area contributed by atoms with E-state index in [1.807, 2.05) is 29.2 Å². The number of nitrogens with one attached hydrogen (secondary N) is 1. The molecule has 0 unspecified atom stereocenters. The van der Waals surface area contributed by atoms with E-state index in [0.717, 1.165) is 37.1 Å². The minimum absolute atomic E-state index is 0.00827. The zero-order chi connectivity index (χ0) is 20.4. The molecular weight excluding hydrogens is 368 g/mol. The summed E-state index contributed by atoms with van der Waals surface area (Å²) in [5, 5.41) is 12.6. The second kappa shape index (κ2) is 7.70. The van der Waals surface area contributed by atoms with Crippen LogP contribution in [0.3, 0.4) is 0 Å². The SMILES string of the molecule is O=C(CC1(C(=O)O)Cc2ccccc2C1)Nc1ccc(C(=O)N2CCCC2)cc1. The number of rotatable bonds is 5. The molecule has 1 aliphatic heterocycles. The van der Waals surface area contributed by atoms with Gasteiger partial charge in [-0.15, -0.1) is 0 Å². The molecule has 2 amide bonds. The number of anilines is 1. The number of fused-ring (bicyclic) bond motifs is 1. The summed E-state index contributed by atoms with van der Waals surface area (Å²) in [6.07, 6.45) is 2.69. The van der Waals surface area contributed by atoms with Crippen molar-refractivity contribution in [3.8, 4) is 0 Å². The fourth-order valence-electron chi connectivity index (χ4n) is 4.36. The summed E-state index contributed by atoms with van der Waals surface area (Å²) in [6.45, 7) is 1.58. The van der Waals surface area contributed by atoms with Crippen LogP contribution in [-0.2, 0) is 22.4 Å². The Morgan fingerprint density at radius 1 is 0.931 bits per heavy atom. The van der Waals surface area contributed by atoms with Crippen LogP contribution >= 0.6 is 0 Å². The predicted octanol–water partition coefficient (Wildman–Crippen LogP) is 3.12. The third-order valence-electron chi connectivity index (χ3n) is 5.94. The highest BCUT2D eigenvalue weighted by molar-refractivity contribution is 5.97. The Kier molecular flexibility index (Phi) is 5.09. The zero-order valence-corrected chi connectivity index (χ0v) is 16.2. The molecule has 1 saturated heterocycles. The second-order valence-corrected chi connectivity index (χ2v) is 8.01. The minimum atomic E-state index is -1.11. The van der Waals surface area contributed by atoms with E-state index in [2.05, 4.69) is 5.32 Å². The number of nitrogens with zero attached hydrogens (tertiary/aromatic N) is 1. The van der Waals surface area contributed by atoms with Crippen molar-refractivity contribution >= 4 is 23.5 Å². The van der Waals surface area contributed by atoms with Crippen LogP contribution in [0.1, 0.15) is 40.7 Å². The maximum atomic E-state index is 12.6. The van der Waals surface area contributed by atoms with Crippen molar-refractivity contribution < 1.29 is 19.5 Å². The highest BCUT2D eigenvalue weighted by Gasteiger charge is 2.45. The number of carboxylic acids is 1. The van der Waals surface area contributed by atoms with Crippen molar-refractivity contribution in [1.82, 2.24) is 4.90 Å². The van der Waals surface area contributed by atoms with E-state index in [9.17, 15) is 19.5 Å². The first-order chi connectivity index (χ1) is 14.0. The highest BCUT2D eigenvalue weighted by atomic mass is 16.4. The van der Waals surface area contributed by atoms with E-state index in [-0.39, 0.29) is 18.2 Å². The molecule has 4 rings (SSSR count). The second-order valence-electron chi connectivity index (χ2n) is 8.01. The summed E-state index contributed by atoms with van der Waals surface area (Å²) >= 11 is 0. The number of aliphatic carboxylic acids is 1. The molecular formula is C23H24N2O4. The molecule has 0 atom stereocenters.